The summed E-state index contributed by atoms with van der Waals surface area (Å²) in [6, 6.07) is -0.266. The maximum atomic E-state index is 11.4. The molecule has 1 amide bonds. The minimum absolute atomic E-state index is 0.0910. The zero-order chi connectivity index (χ0) is 13.0. The van der Waals surface area contributed by atoms with Crippen molar-refractivity contribution >= 4 is 23.6 Å². The van der Waals surface area contributed by atoms with E-state index in [0.29, 0.717) is 5.15 Å². The Morgan fingerprint density at radius 1 is 1.71 bits per heavy atom. The van der Waals surface area contributed by atoms with E-state index in [1.165, 1.54) is 6.08 Å². The van der Waals surface area contributed by atoms with Gasteiger partial charge in [-0.15, -0.1) is 0 Å². The fourth-order valence-corrected chi connectivity index (χ4v) is 1.57. The molecule has 1 heterocycles. The number of hydrogen-bond donors (Lipinski definition) is 2. The van der Waals surface area contributed by atoms with Gasteiger partial charge < -0.3 is 10.4 Å². The topological polar surface area (TPSA) is 67.2 Å². The number of aliphatic hydroxyl groups excluding tert-OH is 1. The first kappa shape index (κ1) is 13.7. The molecule has 0 aliphatic heterocycles. The van der Waals surface area contributed by atoms with Crippen LogP contribution in [-0.2, 0) is 11.8 Å². The molecule has 0 spiro atoms. The van der Waals surface area contributed by atoms with Gasteiger partial charge in [-0.2, -0.15) is 5.10 Å². The van der Waals surface area contributed by atoms with Gasteiger partial charge in [0.25, 0.3) is 0 Å². The third-order valence-electron chi connectivity index (χ3n) is 2.26. The Kier molecular flexibility index (Phi) is 4.72. The highest BCUT2D eigenvalue weighted by atomic mass is 35.5. The van der Waals surface area contributed by atoms with Crippen molar-refractivity contribution in [1.82, 2.24) is 15.1 Å². The van der Waals surface area contributed by atoms with Crippen LogP contribution in [0.5, 0.6) is 0 Å². The standard InChI is InChI=1S/C11H16ClN3O2/c1-7(6-16)13-10(17)5-4-9-8(2)14-15(3)11(9)12/h4-5,7,16H,6H2,1-3H3,(H,13,17)/t7-/m0/s1. The highest BCUT2D eigenvalue weighted by Crippen LogP contribution is 2.19. The van der Waals surface area contributed by atoms with E-state index in [1.54, 1.807) is 24.7 Å². The van der Waals surface area contributed by atoms with Gasteiger partial charge in [0.15, 0.2) is 0 Å². The number of aliphatic hydroxyl groups is 1. The van der Waals surface area contributed by atoms with Gasteiger partial charge >= 0.3 is 0 Å². The SMILES string of the molecule is Cc1nn(C)c(Cl)c1C=CC(=O)N[C@@H](C)CO. The zero-order valence-corrected chi connectivity index (χ0v) is 10.8. The molecule has 17 heavy (non-hydrogen) atoms. The predicted octanol–water partition coefficient (Wildman–Crippen LogP) is 0.892. The van der Waals surface area contributed by atoms with Crippen LogP contribution in [0.25, 0.3) is 6.08 Å². The van der Waals surface area contributed by atoms with Crippen molar-refractivity contribution in [1.29, 1.82) is 0 Å². The maximum Gasteiger partial charge on any atom is 0.244 e. The van der Waals surface area contributed by atoms with Gasteiger partial charge in [0, 0.05) is 24.7 Å². The molecule has 5 nitrogen and oxygen atoms in total. The van der Waals surface area contributed by atoms with Crippen LogP contribution in [0.3, 0.4) is 0 Å². The van der Waals surface area contributed by atoms with Crippen LogP contribution < -0.4 is 5.32 Å². The number of amides is 1. The molecular formula is C11H16ClN3O2. The molecule has 6 heteroatoms. The molecule has 0 bridgehead atoms. The smallest absolute Gasteiger partial charge is 0.244 e. The van der Waals surface area contributed by atoms with Gasteiger partial charge in [-0.3, -0.25) is 9.48 Å². The highest BCUT2D eigenvalue weighted by molar-refractivity contribution is 6.31. The number of hydrogen-bond acceptors (Lipinski definition) is 3. The third kappa shape index (κ3) is 3.57. The fraction of sp³-hybridized carbons (Fsp3) is 0.455. The van der Waals surface area contributed by atoms with Gasteiger partial charge in [-0.25, -0.2) is 0 Å². The van der Waals surface area contributed by atoms with Gasteiger partial charge in [0.05, 0.1) is 12.3 Å². The average molecular weight is 258 g/mol. The van der Waals surface area contributed by atoms with Crippen LogP contribution >= 0.6 is 11.6 Å². The molecule has 1 aromatic heterocycles. The van der Waals surface area contributed by atoms with E-state index in [4.69, 9.17) is 16.7 Å². The Labute approximate surface area is 105 Å². The summed E-state index contributed by atoms with van der Waals surface area (Å²) in [6.45, 7) is 3.44. The van der Waals surface area contributed by atoms with Gasteiger partial charge in [0.2, 0.25) is 5.91 Å². The van der Waals surface area contributed by atoms with Gasteiger partial charge in [-0.05, 0) is 19.9 Å². The maximum absolute atomic E-state index is 11.4. The second-order valence-electron chi connectivity index (χ2n) is 3.84. The van der Waals surface area contributed by atoms with Crippen LogP contribution in [0.15, 0.2) is 6.08 Å². The van der Waals surface area contributed by atoms with Crippen molar-refractivity contribution in [3.8, 4) is 0 Å². The van der Waals surface area contributed by atoms with Crippen LogP contribution in [0, 0.1) is 6.92 Å². The molecule has 0 saturated heterocycles. The number of carbonyl (C=O) groups excluding carboxylic acids is 1. The molecule has 1 aromatic rings. The van der Waals surface area contributed by atoms with Crippen LogP contribution in [0.4, 0.5) is 0 Å². The first-order valence-electron chi connectivity index (χ1n) is 5.24. The average Bonchev–Trinajstić information content (AvgIpc) is 2.51. The van der Waals surface area contributed by atoms with E-state index in [-0.39, 0.29) is 18.6 Å². The lowest BCUT2D eigenvalue weighted by Gasteiger charge is -2.07. The Hall–Kier alpha value is -1.33. The molecule has 94 valence electrons. The summed E-state index contributed by atoms with van der Waals surface area (Å²) < 4.78 is 1.55. The Morgan fingerprint density at radius 3 is 2.82 bits per heavy atom. The minimum atomic E-state index is -0.272. The number of nitrogens with one attached hydrogen (secondary N) is 1. The first-order valence-corrected chi connectivity index (χ1v) is 5.62. The highest BCUT2D eigenvalue weighted by Gasteiger charge is 2.08. The first-order chi connectivity index (χ1) is 7.95. The van der Waals surface area contributed by atoms with Crippen molar-refractivity contribution < 1.29 is 9.90 Å². The quantitative estimate of drug-likeness (QED) is 0.788. The van der Waals surface area contributed by atoms with E-state index >= 15 is 0 Å². The molecule has 0 aromatic carbocycles. The molecule has 0 unspecified atom stereocenters. The molecule has 0 aliphatic carbocycles. The molecule has 0 fully saturated rings. The van der Waals surface area contributed by atoms with Crippen LogP contribution in [-0.4, -0.2) is 33.4 Å². The summed E-state index contributed by atoms with van der Waals surface area (Å²) in [5.41, 5.74) is 1.48. The van der Waals surface area contributed by atoms with Gasteiger partial charge in [0.1, 0.15) is 5.15 Å². The number of carbonyl (C=O) groups is 1. The molecule has 0 radical (unpaired) electrons. The Balaban J connectivity index is 2.74. The second kappa shape index (κ2) is 5.84. The summed E-state index contributed by atoms with van der Waals surface area (Å²) in [4.78, 5) is 11.4. The molecular weight excluding hydrogens is 242 g/mol. The van der Waals surface area contributed by atoms with Crippen LogP contribution in [0.1, 0.15) is 18.2 Å². The Morgan fingerprint density at radius 2 is 2.35 bits per heavy atom. The monoisotopic (exact) mass is 257 g/mol. The minimum Gasteiger partial charge on any atom is -0.394 e. The molecule has 0 aliphatic rings. The van der Waals surface area contributed by atoms with E-state index in [0.717, 1.165) is 11.3 Å². The van der Waals surface area contributed by atoms with E-state index in [9.17, 15) is 4.79 Å². The second-order valence-corrected chi connectivity index (χ2v) is 4.20. The molecule has 1 rings (SSSR count). The lowest BCUT2D eigenvalue weighted by atomic mass is 10.2. The summed E-state index contributed by atoms with van der Waals surface area (Å²) in [7, 11) is 1.74. The lowest BCUT2D eigenvalue weighted by molar-refractivity contribution is -0.117. The summed E-state index contributed by atoms with van der Waals surface area (Å²) >= 11 is 6.01. The number of halogens is 1. The van der Waals surface area contributed by atoms with E-state index in [2.05, 4.69) is 10.4 Å². The van der Waals surface area contributed by atoms with E-state index in [1.807, 2.05) is 6.92 Å². The van der Waals surface area contributed by atoms with Crippen LogP contribution in [0.2, 0.25) is 5.15 Å². The molecule has 0 saturated carbocycles. The van der Waals surface area contributed by atoms with Crippen molar-refractivity contribution in [2.45, 2.75) is 19.9 Å². The summed E-state index contributed by atoms with van der Waals surface area (Å²) in [5.74, 6) is -0.272. The zero-order valence-electron chi connectivity index (χ0n) is 10.1. The summed E-state index contributed by atoms with van der Waals surface area (Å²) in [5, 5.41) is 16.0. The predicted molar refractivity (Wildman–Crippen MR) is 66.7 cm³/mol. The van der Waals surface area contributed by atoms with E-state index < -0.39 is 0 Å². The van der Waals surface area contributed by atoms with Crippen molar-refractivity contribution in [2.75, 3.05) is 6.61 Å². The van der Waals surface area contributed by atoms with Gasteiger partial charge in [-0.1, -0.05) is 11.6 Å². The van der Waals surface area contributed by atoms with Crippen molar-refractivity contribution in [3.05, 3.63) is 22.5 Å². The number of aromatic nitrogens is 2. The lowest BCUT2D eigenvalue weighted by Crippen LogP contribution is -2.33. The largest absolute Gasteiger partial charge is 0.394 e. The molecule has 2 N–H and O–H groups in total. The number of nitrogens with zero attached hydrogens (tertiary/aromatic N) is 2. The molecule has 1 atom stereocenters. The summed E-state index contributed by atoms with van der Waals surface area (Å²) in [6.07, 6.45) is 2.99. The normalized spacial score (nSPS) is 13.0. The van der Waals surface area contributed by atoms with Crippen molar-refractivity contribution in [2.24, 2.45) is 7.05 Å². The number of rotatable bonds is 4. The number of aryl methyl sites for hydroxylation is 2. The third-order valence-corrected chi connectivity index (χ3v) is 2.71. The Bertz CT molecular complexity index is 440. The van der Waals surface area contributed by atoms with Crippen molar-refractivity contribution in [3.63, 3.8) is 0 Å². The fourth-order valence-electron chi connectivity index (χ4n) is 1.33.